The van der Waals surface area contributed by atoms with Crippen LogP contribution in [0.25, 0.3) is 0 Å². The summed E-state index contributed by atoms with van der Waals surface area (Å²) in [5.41, 5.74) is 0.459. The normalized spacial score (nSPS) is 12.0. The molecule has 1 rings (SSSR count). The maximum atomic E-state index is 11.8. The van der Waals surface area contributed by atoms with Crippen LogP contribution in [0.15, 0.2) is 29.2 Å². The van der Waals surface area contributed by atoms with Gasteiger partial charge in [0.25, 0.3) is 0 Å². The number of hydrogen-bond acceptors (Lipinski definition) is 3. The van der Waals surface area contributed by atoms with Gasteiger partial charge in [-0.3, -0.25) is 0 Å². The zero-order valence-electron chi connectivity index (χ0n) is 8.27. The zero-order valence-corrected chi connectivity index (χ0v) is 9.08. The van der Waals surface area contributed by atoms with Crippen molar-refractivity contribution in [3.8, 4) is 0 Å². The first kappa shape index (κ1) is 11.2. The van der Waals surface area contributed by atoms with Gasteiger partial charge in [-0.1, -0.05) is 18.2 Å². The van der Waals surface area contributed by atoms with Crippen molar-refractivity contribution < 1.29 is 13.5 Å². The average molecular weight is 214 g/mol. The smallest absolute Gasteiger partial charge is 0.181 e. The van der Waals surface area contributed by atoms with Crippen molar-refractivity contribution in [1.29, 1.82) is 0 Å². The Labute approximate surface area is 84.3 Å². The molecule has 0 fully saturated rings. The SMILES string of the molecule is CC(C)S(=O)(=O)c1ccccc1CO. The van der Waals surface area contributed by atoms with E-state index in [-0.39, 0.29) is 11.5 Å². The van der Waals surface area contributed by atoms with Crippen LogP contribution < -0.4 is 0 Å². The highest BCUT2D eigenvalue weighted by atomic mass is 32.2. The number of benzene rings is 1. The van der Waals surface area contributed by atoms with Gasteiger partial charge in [-0.2, -0.15) is 0 Å². The Balaban J connectivity index is 3.32. The summed E-state index contributed by atoms with van der Waals surface area (Å²) in [5.74, 6) is 0. The van der Waals surface area contributed by atoms with Crippen molar-refractivity contribution >= 4 is 9.84 Å². The molecule has 1 aromatic carbocycles. The monoisotopic (exact) mass is 214 g/mol. The van der Waals surface area contributed by atoms with E-state index in [1.807, 2.05) is 0 Å². The Bertz CT molecular complexity index is 407. The second-order valence-corrected chi connectivity index (χ2v) is 5.83. The molecule has 1 N–H and O–H groups in total. The van der Waals surface area contributed by atoms with Crippen LogP contribution in [0.5, 0.6) is 0 Å². The van der Waals surface area contributed by atoms with Crippen molar-refractivity contribution in [2.75, 3.05) is 0 Å². The number of sulfone groups is 1. The maximum Gasteiger partial charge on any atom is 0.181 e. The van der Waals surface area contributed by atoms with E-state index in [0.29, 0.717) is 5.56 Å². The summed E-state index contributed by atoms with van der Waals surface area (Å²) in [6, 6.07) is 6.52. The Morgan fingerprint density at radius 3 is 2.36 bits per heavy atom. The molecule has 0 radical (unpaired) electrons. The highest BCUT2D eigenvalue weighted by Gasteiger charge is 2.21. The minimum absolute atomic E-state index is 0.234. The number of aliphatic hydroxyl groups is 1. The van der Waals surface area contributed by atoms with Crippen molar-refractivity contribution in [3.05, 3.63) is 29.8 Å². The molecule has 3 nitrogen and oxygen atoms in total. The maximum absolute atomic E-state index is 11.8. The van der Waals surface area contributed by atoms with Crippen LogP contribution in [0.4, 0.5) is 0 Å². The second kappa shape index (κ2) is 4.11. The van der Waals surface area contributed by atoms with Gasteiger partial charge in [-0.25, -0.2) is 8.42 Å². The van der Waals surface area contributed by atoms with E-state index in [1.165, 1.54) is 6.07 Å². The first-order valence-corrected chi connectivity index (χ1v) is 5.97. The van der Waals surface area contributed by atoms with Crippen molar-refractivity contribution in [3.63, 3.8) is 0 Å². The number of aliphatic hydroxyl groups excluding tert-OH is 1. The third-order valence-electron chi connectivity index (χ3n) is 2.07. The van der Waals surface area contributed by atoms with Gasteiger partial charge in [0, 0.05) is 0 Å². The molecule has 0 aliphatic carbocycles. The van der Waals surface area contributed by atoms with E-state index in [4.69, 9.17) is 5.11 Å². The topological polar surface area (TPSA) is 54.4 Å². The minimum Gasteiger partial charge on any atom is -0.392 e. The summed E-state index contributed by atoms with van der Waals surface area (Å²) >= 11 is 0. The van der Waals surface area contributed by atoms with E-state index in [2.05, 4.69) is 0 Å². The van der Waals surface area contributed by atoms with E-state index in [1.54, 1.807) is 32.0 Å². The van der Waals surface area contributed by atoms with Crippen LogP contribution in [0, 0.1) is 0 Å². The third-order valence-corrected chi connectivity index (χ3v) is 4.32. The molecule has 0 saturated heterocycles. The van der Waals surface area contributed by atoms with Gasteiger partial charge in [0.2, 0.25) is 0 Å². The van der Waals surface area contributed by atoms with E-state index in [9.17, 15) is 8.42 Å². The number of hydrogen-bond donors (Lipinski definition) is 1. The highest BCUT2D eigenvalue weighted by molar-refractivity contribution is 7.92. The summed E-state index contributed by atoms with van der Waals surface area (Å²) in [6.07, 6.45) is 0. The van der Waals surface area contributed by atoms with Gasteiger partial charge in [0.15, 0.2) is 9.84 Å². The van der Waals surface area contributed by atoms with Gasteiger partial charge < -0.3 is 5.11 Å². The predicted octanol–water partition coefficient (Wildman–Crippen LogP) is 1.36. The quantitative estimate of drug-likeness (QED) is 0.826. The van der Waals surface area contributed by atoms with Crippen molar-refractivity contribution in [2.24, 2.45) is 0 Å². The second-order valence-electron chi connectivity index (χ2n) is 3.36. The molecule has 0 heterocycles. The Kier molecular flexibility index (Phi) is 3.29. The lowest BCUT2D eigenvalue weighted by molar-refractivity contribution is 0.278. The Morgan fingerprint density at radius 2 is 1.86 bits per heavy atom. The molecule has 0 bridgehead atoms. The highest BCUT2D eigenvalue weighted by Crippen LogP contribution is 2.20. The fourth-order valence-electron chi connectivity index (χ4n) is 1.17. The molecule has 1 aromatic rings. The molecule has 0 amide bonds. The molecular formula is C10H14O3S. The van der Waals surface area contributed by atoms with Gasteiger partial charge in [0.1, 0.15) is 0 Å². The molecule has 0 unspecified atom stereocenters. The van der Waals surface area contributed by atoms with Crippen molar-refractivity contribution in [2.45, 2.75) is 30.6 Å². The molecule has 0 aliphatic heterocycles. The molecule has 0 aromatic heterocycles. The summed E-state index contributed by atoms with van der Waals surface area (Å²) in [7, 11) is -3.28. The van der Waals surface area contributed by atoms with E-state index < -0.39 is 15.1 Å². The summed E-state index contributed by atoms with van der Waals surface area (Å²) in [6.45, 7) is 3.01. The van der Waals surface area contributed by atoms with Crippen LogP contribution in [-0.2, 0) is 16.4 Å². The summed E-state index contributed by atoms with van der Waals surface area (Å²) in [5, 5.41) is 8.54. The van der Waals surface area contributed by atoms with Gasteiger partial charge in [-0.05, 0) is 25.5 Å². The molecule has 78 valence electrons. The fourth-order valence-corrected chi connectivity index (χ4v) is 2.44. The lowest BCUT2D eigenvalue weighted by atomic mass is 10.2. The predicted molar refractivity (Wildman–Crippen MR) is 54.7 cm³/mol. The molecule has 0 spiro atoms. The van der Waals surface area contributed by atoms with Crippen LogP contribution in [0.2, 0.25) is 0 Å². The Hall–Kier alpha value is -0.870. The lowest BCUT2D eigenvalue weighted by Gasteiger charge is -2.10. The van der Waals surface area contributed by atoms with E-state index >= 15 is 0 Å². The van der Waals surface area contributed by atoms with Crippen molar-refractivity contribution in [1.82, 2.24) is 0 Å². The standard InChI is InChI=1S/C10H14O3S/c1-8(2)14(12,13)10-6-4-3-5-9(10)7-11/h3-6,8,11H,7H2,1-2H3. The molecular weight excluding hydrogens is 200 g/mol. The molecule has 4 heteroatoms. The van der Waals surface area contributed by atoms with Crippen LogP contribution in [0.3, 0.4) is 0 Å². The fraction of sp³-hybridized carbons (Fsp3) is 0.400. The summed E-state index contributed by atoms with van der Waals surface area (Å²) < 4.78 is 23.6. The van der Waals surface area contributed by atoms with Crippen LogP contribution >= 0.6 is 0 Å². The van der Waals surface area contributed by atoms with Crippen LogP contribution in [-0.4, -0.2) is 18.8 Å². The minimum atomic E-state index is -3.28. The van der Waals surface area contributed by atoms with E-state index in [0.717, 1.165) is 0 Å². The largest absolute Gasteiger partial charge is 0.392 e. The lowest BCUT2D eigenvalue weighted by Crippen LogP contribution is -2.15. The van der Waals surface area contributed by atoms with Gasteiger partial charge >= 0.3 is 0 Å². The molecule has 0 atom stereocenters. The Morgan fingerprint density at radius 1 is 1.29 bits per heavy atom. The molecule has 14 heavy (non-hydrogen) atoms. The average Bonchev–Trinajstić information content (AvgIpc) is 2.17. The first-order chi connectivity index (χ1) is 6.50. The van der Waals surface area contributed by atoms with Gasteiger partial charge in [-0.15, -0.1) is 0 Å². The zero-order chi connectivity index (χ0) is 10.8. The van der Waals surface area contributed by atoms with Gasteiger partial charge in [0.05, 0.1) is 16.8 Å². The number of rotatable bonds is 3. The molecule has 0 aliphatic rings. The summed E-state index contributed by atoms with van der Waals surface area (Å²) in [4.78, 5) is 0.234. The molecule has 0 saturated carbocycles. The van der Waals surface area contributed by atoms with Crippen LogP contribution in [0.1, 0.15) is 19.4 Å². The third kappa shape index (κ3) is 1.96. The first-order valence-electron chi connectivity index (χ1n) is 4.42.